The van der Waals surface area contributed by atoms with E-state index in [0.29, 0.717) is 42.6 Å². The lowest BCUT2D eigenvalue weighted by atomic mass is 10.2. The van der Waals surface area contributed by atoms with Crippen LogP contribution in [-0.4, -0.2) is 44.2 Å². The summed E-state index contributed by atoms with van der Waals surface area (Å²) in [5, 5.41) is 3.35. The summed E-state index contributed by atoms with van der Waals surface area (Å²) >= 11 is 6.18. The molecule has 3 rings (SSSR count). The number of carbonyl (C=O) groups is 1. The number of hydrogen-bond acceptors (Lipinski definition) is 3. The first-order valence-corrected chi connectivity index (χ1v) is 8.34. The number of amides is 2. The highest BCUT2D eigenvalue weighted by Crippen LogP contribution is 2.29. The van der Waals surface area contributed by atoms with E-state index in [1.807, 2.05) is 18.2 Å². The molecule has 25 heavy (non-hydrogen) atoms. The molecule has 1 aliphatic heterocycles. The largest absolute Gasteiger partial charge is 0.495 e. The van der Waals surface area contributed by atoms with Crippen LogP contribution in [0.25, 0.3) is 0 Å². The second kappa shape index (κ2) is 7.61. The number of nitrogens with zero attached hydrogens (tertiary/aromatic N) is 2. The molecule has 1 heterocycles. The van der Waals surface area contributed by atoms with Crippen molar-refractivity contribution in [2.45, 2.75) is 0 Å². The molecule has 0 atom stereocenters. The Morgan fingerprint density at radius 1 is 1.12 bits per heavy atom. The molecular weight excluding hydrogens is 345 g/mol. The normalized spacial score (nSPS) is 14.4. The van der Waals surface area contributed by atoms with Crippen molar-refractivity contribution >= 4 is 29.0 Å². The zero-order valence-corrected chi connectivity index (χ0v) is 14.6. The van der Waals surface area contributed by atoms with E-state index in [2.05, 4.69) is 10.2 Å². The fraction of sp³-hybridized carbons (Fsp3) is 0.278. The minimum atomic E-state index is -0.329. The Morgan fingerprint density at radius 3 is 2.40 bits per heavy atom. The van der Waals surface area contributed by atoms with Crippen molar-refractivity contribution in [3.63, 3.8) is 0 Å². The minimum absolute atomic E-state index is 0.181. The fourth-order valence-corrected chi connectivity index (χ4v) is 3.01. The number of nitrogens with one attached hydrogen (secondary N) is 1. The predicted octanol–water partition coefficient (Wildman–Crippen LogP) is 3.84. The van der Waals surface area contributed by atoms with Gasteiger partial charge in [0.1, 0.15) is 11.6 Å². The summed E-state index contributed by atoms with van der Waals surface area (Å²) in [5.41, 5.74) is 1.58. The van der Waals surface area contributed by atoms with E-state index in [1.54, 1.807) is 24.1 Å². The van der Waals surface area contributed by atoms with Gasteiger partial charge in [0.25, 0.3) is 0 Å². The first kappa shape index (κ1) is 17.4. The van der Waals surface area contributed by atoms with Gasteiger partial charge >= 0.3 is 6.03 Å². The number of urea groups is 1. The van der Waals surface area contributed by atoms with Gasteiger partial charge in [-0.2, -0.15) is 0 Å². The molecule has 1 fully saturated rings. The van der Waals surface area contributed by atoms with E-state index in [9.17, 15) is 9.18 Å². The van der Waals surface area contributed by atoms with Crippen LogP contribution in [0.4, 0.5) is 20.6 Å². The number of carbonyl (C=O) groups excluding carboxylic acids is 1. The van der Waals surface area contributed by atoms with Crippen LogP contribution in [0, 0.1) is 5.82 Å². The number of anilines is 2. The number of methoxy groups -OCH3 is 1. The molecule has 0 spiro atoms. The van der Waals surface area contributed by atoms with Crippen molar-refractivity contribution < 1.29 is 13.9 Å². The number of ether oxygens (including phenoxy) is 1. The van der Waals surface area contributed by atoms with Crippen LogP contribution in [0.1, 0.15) is 0 Å². The first-order valence-electron chi connectivity index (χ1n) is 7.97. The molecule has 7 heteroatoms. The third-order valence-corrected chi connectivity index (χ3v) is 4.46. The topological polar surface area (TPSA) is 44.8 Å². The Kier molecular flexibility index (Phi) is 5.28. The van der Waals surface area contributed by atoms with Gasteiger partial charge in [0.2, 0.25) is 0 Å². The van der Waals surface area contributed by atoms with E-state index >= 15 is 0 Å². The van der Waals surface area contributed by atoms with E-state index in [4.69, 9.17) is 16.3 Å². The number of hydrogen-bond donors (Lipinski definition) is 1. The van der Waals surface area contributed by atoms with Gasteiger partial charge in [0.05, 0.1) is 12.1 Å². The van der Waals surface area contributed by atoms with Gasteiger partial charge in [-0.25, -0.2) is 9.18 Å². The highest BCUT2D eigenvalue weighted by atomic mass is 35.5. The molecule has 0 bridgehead atoms. The molecule has 2 amide bonds. The Balaban J connectivity index is 1.57. The van der Waals surface area contributed by atoms with E-state index < -0.39 is 0 Å². The maximum atomic E-state index is 12.9. The molecule has 0 unspecified atom stereocenters. The highest BCUT2D eigenvalue weighted by molar-refractivity contribution is 6.32. The average molecular weight is 364 g/mol. The standard InChI is InChI=1S/C18H19ClFN3O2/c1-25-17-7-6-15(12-16(17)19)22-8-10-23(11-9-22)18(24)21-14-4-2-13(20)3-5-14/h2-7,12H,8-11H2,1H3,(H,21,24). The van der Waals surface area contributed by atoms with Crippen molar-refractivity contribution in [1.82, 2.24) is 4.90 Å². The molecule has 0 aromatic heterocycles. The van der Waals surface area contributed by atoms with Gasteiger partial charge < -0.3 is 19.9 Å². The second-order valence-corrected chi connectivity index (χ2v) is 6.14. The van der Waals surface area contributed by atoms with Gasteiger partial charge in [0.15, 0.2) is 0 Å². The molecule has 0 radical (unpaired) electrons. The molecule has 0 aliphatic carbocycles. The van der Waals surface area contributed by atoms with Crippen LogP contribution < -0.4 is 15.0 Å². The van der Waals surface area contributed by atoms with Crippen molar-refractivity contribution in [3.8, 4) is 5.75 Å². The van der Waals surface area contributed by atoms with Gasteiger partial charge in [-0.15, -0.1) is 0 Å². The van der Waals surface area contributed by atoms with Gasteiger partial charge in [0, 0.05) is 37.6 Å². The maximum Gasteiger partial charge on any atom is 0.321 e. The molecule has 0 saturated carbocycles. The SMILES string of the molecule is COc1ccc(N2CCN(C(=O)Nc3ccc(F)cc3)CC2)cc1Cl. The zero-order chi connectivity index (χ0) is 17.8. The van der Waals surface area contributed by atoms with Gasteiger partial charge in [-0.1, -0.05) is 11.6 Å². The van der Waals surface area contributed by atoms with Crippen LogP contribution in [0.3, 0.4) is 0 Å². The lowest BCUT2D eigenvalue weighted by molar-refractivity contribution is 0.208. The Bertz CT molecular complexity index is 746. The van der Waals surface area contributed by atoms with Crippen molar-refractivity contribution in [2.75, 3.05) is 43.5 Å². The molecule has 2 aromatic rings. The Labute approximate surface area is 150 Å². The predicted molar refractivity (Wildman–Crippen MR) is 97.2 cm³/mol. The second-order valence-electron chi connectivity index (χ2n) is 5.73. The minimum Gasteiger partial charge on any atom is -0.495 e. The molecule has 5 nitrogen and oxygen atoms in total. The summed E-state index contributed by atoms with van der Waals surface area (Å²) in [7, 11) is 1.58. The third kappa shape index (κ3) is 4.14. The summed E-state index contributed by atoms with van der Waals surface area (Å²) in [6.45, 7) is 2.60. The van der Waals surface area contributed by atoms with Crippen LogP contribution in [0.15, 0.2) is 42.5 Å². The summed E-state index contributed by atoms with van der Waals surface area (Å²) in [4.78, 5) is 16.2. The lowest BCUT2D eigenvalue weighted by Crippen LogP contribution is -2.50. The number of rotatable bonds is 3. The molecule has 1 saturated heterocycles. The third-order valence-electron chi connectivity index (χ3n) is 4.16. The molecule has 1 aliphatic rings. The quantitative estimate of drug-likeness (QED) is 0.901. The van der Waals surface area contributed by atoms with Gasteiger partial charge in [-0.3, -0.25) is 0 Å². The average Bonchev–Trinajstić information content (AvgIpc) is 2.63. The summed E-state index contributed by atoms with van der Waals surface area (Å²) in [6.07, 6.45) is 0. The molecular formula is C18H19ClFN3O2. The van der Waals surface area contributed by atoms with E-state index in [0.717, 1.165) is 5.69 Å². The fourth-order valence-electron chi connectivity index (χ4n) is 2.76. The summed E-state index contributed by atoms with van der Waals surface area (Å²) in [5.74, 6) is 0.312. The summed E-state index contributed by atoms with van der Waals surface area (Å²) < 4.78 is 18.1. The van der Waals surface area contributed by atoms with Crippen molar-refractivity contribution in [1.29, 1.82) is 0 Å². The van der Waals surface area contributed by atoms with Crippen LogP contribution in [-0.2, 0) is 0 Å². The molecule has 132 valence electrons. The number of benzene rings is 2. The van der Waals surface area contributed by atoms with E-state index in [1.165, 1.54) is 12.1 Å². The van der Waals surface area contributed by atoms with Crippen molar-refractivity contribution in [3.05, 3.63) is 53.3 Å². The lowest BCUT2D eigenvalue weighted by Gasteiger charge is -2.36. The Morgan fingerprint density at radius 2 is 1.80 bits per heavy atom. The van der Waals surface area contributed by atoms with Crippen molar-refractivity contribution in [2.24, 2.45) is 0 Å². The highest BCUT2D eigenvalue weighted by Gasteiger charge is 2.21. The summed E-state index contributed by atoms with van der Waals surface area (Å²) in [6, 6.07) is 11.2. The van der Waals surface area contributed by atoms with E-state index in [-0.39, 0.29) is 11.8 Å². The van der Waals surface area contributed by atoms with Crippen LogP contribution >= 0.6 is 11.6 Å². The van der Waals surface area contributed by atoms with Gasteiger partial charge in [-0.05, 0) is 42.5 Å². The van der Waals surface area contributed by atoms with Crippen LogP contribution in [0.5, 0.6) is 5.75 Å². The number of halogens is 2. The number of piperazine rings is 1. The zero-order valence-electron chi connectivity index (χ0n) is 13.8. The smallest absolute Gasteiger partial charge is 0.321 e. The molecule has 2 aromatic carbocycles. The Hall–Kier alpha value is -2.47. The van der Waals surface area contributed by atoms with Crippen LogP contribution in [0.2, 0.25) is 5.02 Å². The molecule has 1 N–H and O–H groups in total. The monoisotopic (exact) mass is 363 g/mol. The first-order chi connectivity index (χ1) is 12.1. The maximum absolute atomic E-state index is 12.9.